The largest absolute Gasteiger partial charge is 0.288 e. The summed E-state index contributed by atoms with van der Waals surface area (Å²) in [6, 6.07) is 19.9. The molecule has 1 aliphatic carbocycles. The van der Waals surface area contributed by atoms with Gasteiger partial charge in [0.15, 0.2) is 6.21 Å². The Hall–Kier alpha value is -2.35. The van der Waals surface area contributed by atoms with Crippen LogP contribution < -0.4 is 0 Å². The second-order valence-corrected chi connectivity index (χ2v) is 7.19. The molecule has 0 saturated heterocycles. The Morgan fingerprint density at radius 3 is 2.54 bits per heavy atom. The number of aromatic nitrogens is 1. The Morgan fingerprint density at radius 2 is 1.71 bits per heavy atom. The zero-order chi connectivity index (χ0) is 15.9. The molecule has 2 heterocycles. The van der Waals surface area contributed by atoms with Crippen LogP contribution in [0.3, 0.4) is 0 Å². The van der Waals surface area contributed by atoms with Crippen molar-refractivity contribution in [2.24, 2.45) is 0 Å². The Balaban J connectivity index is 1.66. The third kappa shape index (κ3) is 2.21. The van der Waals surface area contributed by atoms with Crippen LogP contribution in [-0.2, 0) is 6.67 Å². The third-order valence-electron chi connectivity index (χ3n) is 5.68. The minimum absolute atomic E-state index is 0.731. The Kier molecular flexibility index (Phi) is 3.29. The summed E-state index contributed by atoms with van der Waals surface area (Å²) in [6.45, 7) is 0.927. The van der Waals surface area contributed by atoms with Crippen LogP contribution in [-0.4, -0.2) is 15.4 Å². The van der Waals surface area contributed by atoms with E-state index in [-0.39, 0.29) is 0 Å². The lowest BCUT2D eigenvalue weighted by Crippen LogP contribution is -2.22. The predicted octanol–water partition coefficient (Wildman–Crippen LogP) is 5.42. The number of hydrogen-bond acceptors (Lipinski definition) is 0. The number of benzene rings is 2. The molecule has 1 fully saturated rings. The van der Waals surface area contributed by atoms with Crippen molar-refractivity contribution in [2.75, 3.05) is 0 Å². The summed E-state index contributed by atoms with van der Waals surface area (Å²) in [5.41, 5.74) is 5.57. The fourth-order valence-electron chi connectivity index (χ4n) is 4.50. The molecule has 0 unspecified atom stereocenters. The molecule has 3 aromatic rings. The van der Waals surface area contributed by atoms with Crippen LogP contribution in [0.15, 0.2) is 54.6 Å². The first-order chi connectivity index (χ1) is 11.9. The normalized spacial score (nSPS) is 17.9. The average Bonchev–Trinajstić information content (AvgIpc) is 3.03. The Bertz CT molecular complexity index is 912. The highest BCUT2D eigenvalue weighted by Crippen LogP contribution is 2.37. The van der Waals surface area contributed by atoms with E-state index < -0.39 is 0 Å². The topological polar surface area (TPSA) is 7.94 Å². The molecule has 0 bridgehead atoms. The maximum absolute atomic E-state index is 2.58. The van der Waals surface area contributed by atoms with E-state index in [0.29, 0.717) is 0 Å². The zero-order valence-corrected chi connectivity index (χ0v) is 14.0. The maximum atomic E-state index is 2.58. The highest BCUT2D eigenvalue weighted by atomic mass is 15.2. The number of rotatable bonds is 2. The fourth-order valence-corrected chi connectivity index (χ4v) is 4.50. The van der Waals surface area contributed by atoms with Crippen molar-refractivity contribution < 1.29 is 4.58 Å². The van der Waals surface area contributed by atoms with Crippen LogP contribution >= 0.6 is 0 Å². The van der Waals surface area contributed by atoms with Gasteiger partial charge in [-0.2, -0.15) is 4.58 Å². The van der Waals surface area contributed by atoms with Crippen LogP contribution in [0.5, 0.6) is 0 Å². The van der Waals surface area contributed by atoms with Crippen molar-refractivity contribution in [1.29, 1.82) is 0 Å². The second-order valence-electron chi connectivity index (χ2n) is 7.19. The van der Waals surface area contributed by atoms with E-state index >= 15 is 0 Å². The molecule has 24 heavy (non-hydrogen) atoms. The van der Waals surface area contributed by atoms with Gasteiger partial charge in [0, 0.05) is 23.2 Å². The van der Waals surface area contributed by atoms with Gasteiger partial charge in [-0.15, -0.1) is 0 Å². The van der Waals surface area contributed by atoms with Crippen molar-refractivity contribution in [3.8, 4) is 0 Å². The summed E-state index contributed by atoms with van der Waals surface area (Å²) < 4.78 is 4.96. The summed E-state index contributed by atoms with van der Waals surface area (Å²) >= 11 is 0. The first-order valence-corrected chi connectivity index (χ1v) is 9.19. The third-order valence-corrected chi connectivity index (χ3v) is 5.68. The molecule has 0 N–H and O–H groups in total. The van der Waals surface area contributed by atoms with E-state index in [1.165, 1.54) is 54.3 Å². The lowest BCUT2D eigenvalue weighted by Gasteiger charge is -2.24. The molecule has 0 radical (unpaired) electrons. The van der Waals surface area contributed by atoms with Gasteiger partial charge in [-0.3, -0.25) is 4.57 Å². The molecule has 5 rings (SSSR count). The predicted molar refractivity (Wildman–Crippen MR) is 99.3 cm³/mol. The van der Waals surface area contributed by atoms with Gasteiger partial charge >= 0.3 is 0 Å². The Morgan fingerprint density at radius 1 is 0.875 bits per heavy atom. The smallest absolute Gasteiger partial charge is 0.228 e. The number of hydrogen-bond donors (Lipinski definition) is 0. The minimum atomic E-state index is 0.731. The summed E-state index contributed by atoms with van der Waals surface area (Å²) in [7, 11) is 0. The lowest BCUT2D eigenvalue weighted by molar-refractivity contribution is -0.472. The van der Waals surface area contributed by atoms with Crippen LogP contribution in [0.1, 0.15) is 49.3 Å². The van der Waals surface area contributed by atoms with Crippen molar-refractivity contribution in [3.63, 3.8) is 0 Å². The number of nitrogens with zero attached hydrogens (tertiary/aromatic N) is 2. The van der Waals surface area contributed by atoms with Crippen molar-refractivity contribution in [2.45, 2.75) is 44.7 Å². The highest BCUT2D eigenvalue weighted by molar-refractivity contribution is 5.98. The standard InChI is InChI=1S/C22H23N2/c1-3-8-17(9-4-1)21-14-18-10-7-11-19-15-23(16-24(21)22(18)19)20-12-5-2-6-13-20/h2,5-7,10-15,17H,1,3-4,8-9,16H2/q+1. The Labute approximate surface area is 143 Å². The summed E-state index contributed by atoms with van der Waals surface area (Å²) in [5.74, 6) is 0.731. The zero-order valence-electron chi connectivity index (χ0n) is 14.0. The van der Waals surface area contributed by atoms with Crippen molar-refractivity contribution >= 4 is 22.8 Å². The molecule has 0 spiro atoms. The molecule has 120 valence electrons. The molecule has 1 aromatic heterocycles. The van der Waals surface area contributed by atoms with Gasteiger partial charge in [-0.25, -0.2) is 0 Å². The summed E-state index contributed by atoms with van der Waals surface area (Å²) in [5, 5.41) is 1.40. The van der Waals surface area contributed by atoms with E-state index in [2.05, 4.69) is 70.0 Å². The van der Waals surface area contributed by atoms with Gasteiger partial charge in [0.1, 0.15) is 0 Å². The van der Waals surface area contributed by atoms with Gasteiger partial charge in [0.2, 0.25) is 12.4 Å². The second kappa shape index (κ2) is 5.62. The molecule has 0 amide bonds. The first-order valence-electron chi connectivity index (χ1n) is 9.19. The molecule has 2 heteroatoms. The van der Waals surface area contributed by atoms with Crippen molar-refractivity contribution in [3.05, 3.63) is 65.9 Å². The van der Waals surface area contributed by atoms with E-state index in [9.17, 15) is 0 Å². The van der Waals surface area contributed by atoms with E-state index in [1.54, 1.807) is 5.69 Å². The van der Waals surface area contributed by atoms with Crippen molar-refractivity contribution in [1.82, 2.24) is 4.57 Å². The summed E-state index contributed by atoms with van der Waals surface area (Å²) in [6.07, 6.45) is 9.18. The van der Waals surface area contributed by atoms with Gasteiger partial charge < -0.3 is 0 Å². The molecule has 1 saturated carbocycles. The van der Waals surface area contributed by atoms with Crippen LogP contribution in [0, 0.1) is 0 Å². The molecule has 1 aliphatic heterocycles. The van der Waals surface area contributed by atoms with Gasteiger partial charge in [-0.05, 0) is 30.9 Å². The maximum Gasteiger partial charge on any atom is 0.228 e. The van der Waals surface area contributed by atoms with Gasteiger partial charge in [-0.1, -0.05) is 49.6 Å². The quantitative estimate of drug-likeness (QED) is 0.558. The molecule has 2 aliphatic rings. The summed E-state index contributed by atoms with van der Waals surface area (Å²) in [4.78, 5) is 0. The van der Waals surface area contributed by atoms with E-state index in [1.807, 2.05) is 0 Å². The number of para-hydroxylation sites is 2. The first kappa shape index (κ1) is 14.0. The van der Waals surface area contributed by atoms with Gasteiger partial charge in [0.25, 0.3) is 0 Å². The molecule has 2 aromatic carbocycles. The minimum Gasteiger partial charge on any atom is -0.288 e. The molecular weight excluding hydrogens is 292 g/mol. The molecule has 2 nitrogen and oxygen atoms in total. The average molecular weight is 315 g/mol. The van der Waals surface area contributed by atoms with Gasteiger partial charge in [0.05, 0.1) is 11.1 Å². The van der Waals surface area contributed by atoms with Crippen LogP contribution in [0.2, 0.25) is 0 Å². The monoisotopic (exact) mass is 315 g/mol. The SMILES string of the molecule is C1=[N+](c2ccccc2)Cn2c(C3CCCCC3)cc3cccc1c32. The molecule has 0 atom stereocenters. The lowest BCUT2D eigenvalue weighted by atomic mass is 9.87. The van der Waals surface area contributed by atoms with Crippen LogP contribution in [0.25, 0.3) is 10.9 Å². The van der Waals surface area contributed by atoms with E-state index in [0.717, 1.165) is 12.6 Å². The highest BCUT2D eigenvalue weighted by Gasteiger charge is 2.27. The van der Waals surface area contributed by atoms with E-state index in [4.69, 9.17) is 0 Å². The molecular formula is C22H23N2+. The fraction of sp³-hybridized carbons (Fsp3) is 0.318. The van der Waals surface area contributed by atoms with Crippen LogP contribution in [0.4, 0.5) is 5.69 Å².